The van der Waals surface area contributed by atoms with E-state index >= 15 is 0 Å². The van der Waals surface area contributed by atoms with Crippen LogP contribution in [-0.4, -0.2) is 42.3 Å². The number of nitrogens with zero attached hydrogens (tertiary/aromatic N) is 1. The number of ether oxygens (including phenoxy) is 1. The molecular formula is C11H20N2O2. The molecule has 1 amide bonds. The highest BCUT2D eigenvalue weighted by Gasteiger charge is 2.31. The Labute approximate surface area is 91.0 Å². The molecule has 0 saturated carbocycles. The van der Waals surface area contributed by atoms with E-state index < -0.39 is 0 Å². The second kappa shape index (κ2) is 4.49. The van der Waals surface area contributed by atoms with Crippen LogP contribution in [0.5, 0.6) is 0 Å². The van der Waals surface area contributed by atoms with Crippen LogP contribution in [0.1, 0.15) is 33.1 Å². The third-order valence-corrected chi connectivity index (χ3v) is 3.31. The lowest BCUT2D eigenvalue weighted by Gasteiger charge is -2.40. The number of carbonyl (C=O) groups excluding carboxylic acids is 1. The molecule has 0 aromatic rings. The predicted molar refractivity (Wildman–Crippen MR) is 57.4 cm³/mol. The van der Waals surface area contributed by atoms with Crippen molar-refractivity contribution in [3.8, 4) is 0 Å². The van der Waals surface area contributed by atoms with Crippen LogP contribution in [0.4, 0.5) is 0 Å². The Morgan fingerprint density at radius 3 is 2.93 bits per heavy atom. The fraction of sp³-hybridized carbons (Fsp3) is 0.909. The Kier molecular flexibility index (Phi) is 3.26. The lowest BCUT2D eigenvalue weighted by atomic mass is 10.0. The average Bonchev–Trinajstić information content (AvgIpc) is 2.17. The van der Waals surface area contributed by atoms with Gasteiger partial charge in [-0.25, -0.2) is 0 Å². The first-order valence-electron chi connectivity index (χ1n) is 5.81. The van der Waals surface area contributed by atoms with E-state index in [0.29, 0.717) is 31.1 Å². The van der Waals surface area contributed by atoms with Gasteiger partial charge in [0.05, 0.1) is 12.8 Å². The fourth-order valence-electron chi connectivity index (χ4n) is 2.38. The molecule has 0 aromatic carbocycles. The molecule has 3 atom stereocenters. The van der Waals surface area contributed by atoms with E-state index in [0.717, 1.165) is 19.4 Å². The van der Waals surface area contributed by atoms with Crippen molar-refractivity contribution in [2.24, 2.45) is 0 Å². The first-order valence-corrected chi connectivity index (χ1v) is 5.81. The van der Waals surface area contributed by atoms with Crippen LogP contribution in [0.15, 0.2) is 0 Å². The van der Waals surface area contributed by atoms with Crippen molar-refractivity contribution >= 4 is 5.91 Å². The zero-order valence-corrected chi connectivity index (χ0v) is 9.53. The number of nitrogens with one attached hydrogen (secondary N) is 1. The summed E-state index contributed by atoms with van der Waals surface area (Å²) in [6.45, 7) is 5.63. The molecule has 0 radical (unpaired) electrons. The van der Waals surface area contributed by atoms with E-state index in [2.05, 4.69) is 19.2 Å². The van der Waals surface area contributed by atoms with E-state index in [1.165, 1.54) is 0 Å². The normalized spacial score (nSPS) is 38.1. The molecule has 1 N–H and O–H groups in total. The minimum absolute atomic E-state index is 0.288. The van der Waals surface area contributed by atoms with Crippen LogP contribution in [0.25, 0.3) is 0 Å². The highest BCUT2D eigenvalue weighted by molar-refractivity contribution is 5.77. The summed E-state index contributed by atoms with van der Waals surface area (Å²) >= 11 is 0. The first-order chi connectivity index (χ1) is 7.16. The minimum Gasteiger partial charge on any atom is -0.378 e. The molecule has 2 aliphatic rings. The molecule has 15 heavy (non-hydrogen) atoms. The summed E-state index contributed by atoms with van der Waals surface area (Å²) in [5.41, 5.74) is 0. The van der Waals surface area contributed by atoms with E-state index in [-0.39, 0.29) is 6.10 Å². The number of amides is 1. The maximum atomic E-state index is 11.9. The number of carbonyl (C=O) groups is 1. The van der Waals surface area contributed by atoms with E-state index in [9.17, 15) is 4.79 Å². The summed E-state index contributed by atoms with van der Waals surface area (Å²) in [4.78, 5) is 13.8. The van der Waals surface area contributed by atoms with Gasteiger partial charge in [0.15, 0.2) is 0 Å². The van der Waals surface area contributed by atoms with Crippen molar-refractivity contribution in [1.29, 1.82) is 0 Å². The quantitative estimate of drug-likeness (QED) is 0.696. The summed E-state index contributed by atoms with van der Waals surface area (Å²) in [5.74, 6) is 0.292. The van der Waals surface area contributed by atoms with E-state index in [4.69, 9.17) is 4.74 Å². The molecule has 2 heterocycles. The third-order valence-electron chi connectivity index (χ3n) is 3.31. The number of hydrogen-bond donors (Lipinski definition) is 1. The summed E-state index contributed by atoms with van der Waals surface area (Å²) in [7, 11) is 0. The van der Waals surface area contributed by atoms with Crippen LogP contribution < -0.4 is 5.32 Å². The molecule has 0 aromatic heterocycles. The highest BCUT2D eigenvalue weighted by atomic mass is 16.5. The highest BCUT2D eigenvalue weighted by Crippen LogP contribution is 2.21. The Hall–Kier alpha value is -0.610. The smallest absolute Gasteiger partial charge is 0.225 e. The molecule has 2 fully saturated rings. The van der Waals surface area contributed by atoms with Gasteiger partial charge >= 0.3 is 0 Å². The number of rotatable bonds is 1. The summed E-state index contributed by atoms with van der Waals surface area (Å²) < 4.78 is 5.50. The molecular weight excluding hydrogens is 192 g/mol. The van der Waals surface area contributed by atoms with Gasteiger partial charge in [0.2, 0.25) is 5.91 Å². The lowest BCUT2D eigenvalue weighted by Crippen LogP contribution is -2.55. The summed E-state index contributed by atoms with van der Waals surface area (Å²) in [6.07, 6.45) is 2.87. The molecule has 2 rings (SSSR count). The average molecular weight is 212 g/mol. The van der Waals surface area contributed by atoms with Crippen molar-refractivity contribution in [2.45, 2.75) is 51.3 Å². The molecule has 0 spiro atoms. The zero-order chi connectivity index (χ0) is 10.8. The molecule has 0 aliphatic carbocycles. The lowest BCUT2D eigenvalue weighted by molar-refractivity contribution is -0.140. The predicted octanol–water partition coefficient (Wildman–Crippen LogP) is 0.722. The van der Waals surface area contributed by atoms with Gasteiger partial charge in [-0.05, 0) is 26.7 Å². The van der Waals surface area contributed by atoms with Crippen molar-refractivity contribution in [1.82, 2.24) is 10.2 Å². The van der Waals surface area contributed by atoms with Gasteiger partial charge in [-0.2, -0.15) is 0 Å². The Bertz CT molecular complexity index is 245. The topological polar surface area (TPSA) is 41.6 Å². The third kappa shape index (κ3) is 2.49. The molecule has 4 nitrogen and oxygen atoms in total. The van der Waals surface area contributed by atoms with Crippen molar-refractivity contribution < 1.29 is 9.53 Å². The summed E-state index contributed by atoms with van der Waals surface area (Å²) in [6, 6.07) is 0.701. The molecule has 2 aliphatic heterocycles. The van der Waals surface area contributed by atoms with Gasteiger partial charge in [-0.15, -0.1) is 0 Å². The standard InChI is InChI=1S/C11H20N2O2/c1-8-5-11(14)13(7-12-8)10-3-4-15-9(2)6-10/h8-10,12H,3-7H2,1-2H3/t8?,9-,10-/m0/s1. The van der Waals surface area contributed by atoms with Gasteiger partial charge in [0.1, 0.15) is 0 Å². The first kappa shape index (κ1) is 10.9. The Morgan fingerprint density at radius 2 is 2.27 bits per heavy atom. The van der Waals surface area contributed by atoms with Crippen molar-refractivity contribution in [3.05, 3.63) is 0 Å². The Morgan fingerprint density at radius 1 is 1.47 bits per heavy atom. The second-order valence-corrected chi connectivity index (χ2v) is 4.69. The van der Waals surface area contributed by atoms with Gasteiger partial charge in [-0.3, -0.25) is 10.1 Å². The fourth-order valence-corrected chi connectivity index (χ4v) is 2.38. The van der Waals surface area contributed by atoms with Crippen LogP contribution in [0, 0.1) is 0 Å². The molecule has 2 saturated heterocycles. The molecule has 4 heteroatoms. The summed E-state index contributed by atoms with van der Waals surface area (Å²) in [5, 5.41) is 3.34. The maximum Gasteiger partial charge on any atom is 0.225 e. The second-order valence-electron chi connectivity index (χ2n) is 4.69. The monoisotopic (exact) mass is 212 g/mol. The minimum atomic E-state index is 0.288. The van der Waals surface area contributed by atoms with E-state index in [1.807, 2.05) is 4.90 Å². The SMILES string of the molecule is CC1CC(=O)N([C@H]2CCO[C@@H](C)C2)CN1. The largest absolute Gasteiger partial charge is 0.378 e. The number of hydrogen-bond acceptors (Lipinski definition) is 3. The van der Waals surface area contributed by atoms with Gasteiger partial charge in [0, 0.05) is 25.1 Å². The molecule has 1 unspecified atom stereocenters. The maximum absolute atomic E-state index is 11.9. The van der Waals surface area contributed by atoms with Gasteiger partial charge in [0.25, 0.3) is 0 Å². The van der Waals surface area contributed by atoms with Gasteiger partial charge < -0.3 is 9.64 Å². The van der Waals surface area contributed by atoms with Crippen LogP contribution in [-0.2, 0) is 9.53 Å². The van der Waals surface area contributed by atoms with Crippen molar-refractivity contribution in [3.63, 3.8) is 0 Å². The molecule has 0 bridgehead atoms. The van der Waals surface area contributed by atoms with Crippen LogP contribution >= 0.6 is 0 Å². The van der Waals surface area contributed by atoms with Crippen LogP contribution in [0.2, 0.25) is 0 Å². The van der Waals surface area contributed by atoms with Crippen LogP contribution in [0.3, 0.4) is 0 Å². The zero-order valence-electron chi connectivity index (χ0n) is 9.53. The van der Waals surface area contributed by atoms with Gasteiger partial charge in [-0.1, -0.05) is 0 Å². The van der Waals surface area contributed by atoms with Crippen molar-refractivity contribution in [2.75, 3.05) is 13.3 Å². The Balaban J connectivity index is 1.94. The van der Waals surface area contributed by atoms with E-state index in [1.54, 1.807) is 0 Å². The molecule has 86 valence electrons.